The van der Waals surface area contributed by atoms with E-state index in [-0.39, 0.29) is 0 Å². The second-order valence-electron chi connectivity index (χ2n) is 14.9. The standard InChI is InChI=1S/C56H41N/c1-3-11-40(12-4-1)43-19-23-47(24-20-43)56-39-54(35-36-55(56)46-15-5-2-6-16-46)57(52-31-27-44(28-32-52)50-25-21-41-13-7-9-17-48(41)37-50)53-33-29-45(30-34-53)51-26-22-42-14-8-10-18-49(42)38-51/h1-9,11-17,19-39H,10,18H2. The largest absolute Gasteiger partial charge is 0.310 e. The SMILES string of the molecule is C1=Cc2ccc(-c3ccc(N(c4ccc(-c5ccc6ccccc6c5)cc4)c4ccc(-c5ccccc5)c(-c5ccc(-c6ccccc6)cc5)c4)cc3)cc2CC1. The lowest BCUT2D eigenvalue weighted by Crippen LogP contribution is -2.10. The Morgan fingerprint density at radius 3 is 1.51 bits per heavy atom. The van der Waals surface area contributed by atoms with Crippen molar-refractivity contribution in [3.63, 3.8) is 0 Å². The van der Waals surface area contributed by atoms with Crippen LogP contribution >= 0.6 is 0 Å². The number of rotatable bonds is 8. The lowest BCUT2D eigenvalue weighted by Gasteiger charge is -2.27. The number of hydrogen-bond acceptors (Lipinski definition) is 1. The molecule has 57 heavy (non-hydrogen) atoms. The minimum atomic E-state index is 1.09. The number of anilines is 3. The molecule has 0 spiro atoms. The summed E-state index contributed by atoms with van der Waals surface area (Å²) in [5.74, 6) is 0. The first-order valence-corrected chi connectivity index (χ1v) is 19.9. The number of fused-ring (bicyclic) bond motifs is 2. The summed E-state index contributed by atoms with van der Waals surface area (Å²) in [6.07, 6.45) is 6.73. The van der Waals surface area contributed by atoms with Crippen LogP contribution in [-0.4, -0.2) is 0 Å². The zero-order valence-corrected chi connectivity index (χ0v) is 31.7. The first-order chi connectivity index (χ1) is 28.2. The van der Waals surface area contributed by atoms with E-state index < -0.39 is 0 Å². The molecule has 0 N–H and O–H groups in total. The normalized spacial score (nSPS) is 12.0. The van der Waals surface area contributed by atoms with Gasteiger partial charge in [-0.15, -0.1) is 0 Å². The van der Waals surface area contributed by atoms with Crippen molar-refractivity contribution in [1.29, 1.82) is 0 Å². The highest BCUT2D eigenvalue weighted by molar-refractivity contribution is 5.91. The Hall–Kier alpha value is -7.22. The van der Waals surface area contributed by atoms with E-state index in [1.54, 1.807) is 0 Å². The van der Waals surface area contributed by atoms with Crippen molar-refractivity contribution in [3.8, 4) is 55.6 Å². The monoisotopic (exact) mass is 727 g/mol. The fraction of sp³-hybridized carbons (Fsp3) is 0.0357. The summed E-state index contributed by atoms with van der Waals surface area (Å²) in [5.41, 5.74) is 18.2. The second-order valence-corrected chi connectivity index (χ2v) is 14.9. The number of hydrogen-bond donors (Lipinski definition) is 0. The maximum Gasteiger partial charge on any atom is 0.0468 e. The minimum absolute atomic E-state index is 1.09. The van der Waals surface area contributed by atoms with Gasteiger partial charge in [0, 0.05) is 17.1 Å². The van der Waals surface area contributed by atoms with Crippen LogP contribution in [0.4, 0.5) is 17.1 Å². The summed E-state index contributed by atoms with van der Waals surface area (Å²) in [4.78, 5) is 2.39. The predicted molar refractivity (Wildman–Crippen MR) is 243 cm³/mol. The van der Waals surface area contributed by atoms with Crippen LogP contribution in [0.1, 0.15) is 17.5 Å². The van der Waals surface area contributed by atoms with Crippen molar-refractivity contribution in [1.82, 2.24) is 0 Å². The van der Waals surface area contributed by atoms with Crippen molar-refractivity contribution in [2.45, 2.75) is 12.8 Å². The lowest BCUT2D eigenvalue weighted by molar-refractivity contribution is 0.986. The van der Waals surface area contributed by atoms with Crippen molar-refractivity contribution in [2.24, 2.45) is 0 Å². The summed E-state index contributed by atoms with van der Waals surface area (Å²) in [7, 11) is 0. The topological polar surface area (TPSA) is 3.24 Å². The van der Waals surface area contributed by atoms with Crippen LogP contribution in [-0.2, 0) is 6.42 Å². The summed E-state index contributed by atoms with van der Waals surface area (Å²) in [5, 5.41) is 2.50. The first kappa shape index (κ1) is 34.3. The van der Waals surface area contributed by atoms with Gasteiger partial charge in [-0.3, -0.25) is 0 Å². The fourth-order valence-corrected chi connectivity index (χ4v) is 8.29. The third kappa shape index (κ3) is 6.97. The van der Waals surface area contributed by atoms with Gasteiger partial charge < -0.3 is 4.90 Å². The third-order valence-electron chi connectivity index (χ3n) is 11.3. The molecule has 1 aliphatic carbocycles. The number of nitrogens with zero attached hydrogens (tertiary/aromatic N) is 1. The highest BCUT2D eigenvalue weighted by atomic mass is 15.1. The van der Waals surface area contributed by atoms with E-state index in [0.717, 1.165) is 29.9 Å². The predicted octanol–water partition coefficient (Wildman–Crippen LogP) is 15.6. The molecular weight excluding hydrogens is 687 g/mol. The van der Waals surface area contributed by atoms with Crippen molar-refractivity contribution in [3.05, 3.63) is 230 Å². The molecule has 0 aliphatic heterocycles. The first-order valence-electron chi connectivity index (χ1n) is 19.9. The summed E-state index contributed by atoms with van der Waals surface area (Å²) < 4.78 is 0. The number of benzene rings is 9. The van der Waals surface area contributed by atoms with Gasteiger partial charge in [-0.2, -0.15) is 0 Å². The smallest absolute Gasteiger partial charge is 0.0468 e. The van der Waals surface area contributed by atoms with Crippen molar-refractivity contribution >= 4 is 33.9 Å². The Morgan fingerprint density at radius 1 is 0.316 bits per heavy atom. The van der Waals surface area contributed by atoms with Gasteiger partial charge in [-0.1, -0.05) is 182 Å². The van der Waals surface area contributed by atoms with E-state index >= 15 is 0 Å². The molecular formula is C56H41N. The molecule has 1 aliphatic rings. The van der Waals surface area contributed by atoms with Crippen molar-refractivity contribution in [2.75, 3.05) is 4.90 Å². The van der Waals surface area contributed by atoms with Crippen molar-refractivity contribution < 1.29 is 0 Å². The zero-order valence-electron chi connectivity index (χ0n) is 31.7. The third-order valence-corrected chi connectivity index (χ3v) is 11.3. The maximum atomic E-state index is 2.39. The Labute approximate surface area is 335 Å². The molecule has 9 aromatic carbocycles. The van der Waals surface area contributed by atoms with Crippen LogP contribution in [0, 0.1) is 0 Å². The average Bonchev–Trinajstić information content (AvgIpc) is 3.30. The van der Waals surface area contributed by atoms with Gasteiger partial charge in [0.05, 0.1) is 0 Å². The summed E-state index contributed by atoms with van der Waals surface area (Å²) in [6.45, 7) is 0. The molecule has 0 atom stereocenters. The molecule has 0 unspecified atom stereocenters. The van der Waals surface area contributed by atoms with E-state index in [2.05, 4.69) is 229 Å². The molecule has 10 rings (SSSR count). The number of aryl methyl sites for hydroxylation is 1. The van der Waals surface area contributed by atoms with Crippen LogP contribution in [0.5, 0.6) is 0 Å². The van der Waals surface area contributed by atoms with E-state index in [0.29, 0.717) is 0 Å². The lowest BCUT2D eigenvalue weighted by atomic mass is 9.92. The van der Waals surface area contributed by atoms with Gasteiger partial charge >= 0.3 is 0 Å². The highest BCUT2D eigenvalue weighted by Crippen LogP contribution is 2.42. The van der Waals surface area contributed by atoms with Crippen LogP contribution in [0.25, 0.3) is 72.5 Å². The van der Waals surface area contributed by atoms with Gasteiger partial charge in [0.25, 0.3) is 0 Å². The summed E-state index contributed by atoms with van der Waals surface area (Å²) >= 11 is 0. The van der Waals surface area contributed by atoms with Crippen LogP contribution in [0.3, 0.4) is 0 Å². The minimum Gasteiger partial charge on any atom is -0.310 e. The van der Waals surface area contributed by atoms with Gasteiger partial charge in [0.1, 0.15) is 0 Å². The Bertz CT molecular complexity index is 2850. The molecule has 1 nitrogen and oxygen atoms in total. The molecule has 0 saturated carbocycles. The Morgan fingerprint density at radius 2 is 0.807 bits per heavy atom. The van der Waals surface area contributed by atoms with Crippen LogP contribution in [0.15, 0.2) is 218 Å². The quantitative estimate of drug-likeness (QED) is 0.151. The van der Waals surface area contributed by atoms with E-state index in [4.69, 9.17) is 0 Å². The molecule has 0 saturated heterocycles. The van der Waals surface area contributed by atoms with Gasteiger partial charge in [0.2, 0.25) is 0 Å². The molecule has 270 valence electrons. The van der Waals surface area contributed by atoms with Gasteiger partial charge in [0.15, 0.2) is 0 Å². The molecule has 1 heteroatoms. The Kier molecular flexibility index (Phi) is 9.10. The maximum absolute atomic E-state index is 2.39. The van der Waals surface area contributed by atoms with E-state index in [1.807, 2.05) is 0 Å². The highest BCUT2D eigenvalue weighted by Gasteiger charge is 2.18. The van der Waals surface area contributed by atoms with Crippen LogP contribution < -0.4 is 4.90 Å². The fourth-order valence-electron chi connectivity index (χ4n) is 8.29. The zero-order chi connectivity index (χ0) is 38.0. The summed E-state index contributed by atoms with van der Waals surface area (Å²) in [6, 6.07) is 77.5. The molecule has 0 bridgehead atoms. The van der Waals surface area contributed by atoms with E-state index in [1.165, 1.54) is 77.5 Å². The molecule has 0 fully saturated rings. The van der Waals surface area contributed by atoms with Crippen LogP contribution in [0.2, 0.25) is 0 Å². The molecule has 0 aromatic heterocycles. The Balaban J connectivity index is 1.08. The molecule has 0 heterocycles. The van der Waals surface area contributed by atoms with Gasteiger partial charge in [-0.25, -0.2) is 0 Å². The second kappa shape index (κ2) is 15.1. The molecule has 0 amide bonds. The van der Waals surface area contributed by atoms with Gasteiger partial charge in [-0.05, 0) is 133 Å². The number of allylic oxidation sites excluding steroid dienone is 1. The van der Waals surface area contributed by atoms with E-state index in [9.17, 15) is 0 Å². The molecule has 0 radical (unpaired) electrons. The molecule has 9 aromatic rings. The average molecular weight is 728 g/mol.